The Hall–Kier alpha value is -6.39. The lowest BCUT2D eigenvalue weighted by atomic mass is 9.73. The van der Waals surface area contributed by atoms with Gasteiger partial charge in [-0.2, -0.15) is 5.10 Å². The average Bonchev–Trinajstić information content (AvgIpc) is 3.89. The summed E-state index contributed by atoms with van der Waals surface area (Å²) in [5.74, 6) is 2.47. The molecule has 6 heterocycles. The van der Waals surface area contributed by atoms with Gasteiger partial charge in [0, 0.05) is 56.2 Å². The maximum Gasteiger partial charge on any atom is 0.255 e. The quantitative estimate of drug-likeness (QED) is 0.149. The summed E-state index contributed by atoms with van der Waals surface area (Å²) in [5.41, 5.74) is 3.96. The number of carbonyl (C=O) groups excluding carboxylic acids is 4. The summed E-state index contributed by atoms with van der Waals surface area (Å²) in [6.45, 7) is 2.72. The molecule has 6 aliphatic rings. The summed E-state index contributed by atoms with van der Waals surface area (Å²) in [6.07, 6.45) is 13.2. The van der Waals surface area contributed by atoms with Crippen LogP contribution in [0.4, 0.5) is 0 Å². The number of methoxy groups -OCH3 is 2. The Balaban J connectivity index is 0.884. The maximum atomic E-state index is 14.6. The number of nitrogens with one attached hydrogen (secondary N) is 2. The Morgan fingerprint density at radius 1 is 0.848 bits per heavy atom. The number of H-pyrrole nitrogens is 1. The fourth-order valence-electron chi connectivity index (χ4n) is 10.4. The molecule has 4 fully saturated rings. The molecule has 2 aromatic heterocycles. The molecule has 2 aromatic carbocycles. The third-order valence-corrected chi connectivity index (χ3v) is 14.3. The predicted octanol–water partition coefficient (Wildman–Crippen LogP) is 6.09. The molecular formula is C49H58N8O9. The van der Waals surface area contributed by atoms with Crippen LogP contribution in [-0.4, -0.2) is 125 Å². The monoisotopic (exact) mass is 902 g/mol. The van der Waals surface area contributed by atoms with Crippen LogP contribution in [0.25, 0.3) is 22.3 Å². The van der Waals surface area contributed by atoms with Crippen molar-refractivity contribution in [1.29, 1.82) is 0 Å². The molecule has 0 unspecified atom stereocenters. The Kier molecular flexibility index (Phi) is 12.4. The van der Waals surface area contributed by atoms with Crippen LogP contribution in [0.5, 0.6) is 28.7 Å². The molecule has 0 radical (unpaired) electrons. The second kappa shape index (κ2) is 18.8. The smallest absolute Gasteiger partial charge is 0.255 e. The fraction of sp³-hybridized carbons (Fsp3) is 0.531. The van der Waals surface area contributed by atoms with E-state index in [9.17, 15) is 19.2 Å². The molecule has 2 aliphatic carbocycles. The number of rotatable bonds is 14. The summed E-state index contributed by atoms with van der Waals surface area (Å²) in [7, 11) is 3.21. The number of benzene rings is 2. The van der Waals surface area contributed by atoms with Crippen molar-refractivity contribution < 1.29 is 42.9 Å². The minimum atomic E-state index is -0.992. The minimum absolute atomic E-state index is 0.0144. The highest BCUT2D eigenvalue weighted by molar-refractivity contribution is 6.09. The zero-order valence-electron chi connectivity index (χ0n) is 37.7. The van der Waals surface area contributed by atoms with E-state index in [1.165, 1.54) is 6.33 Å². The summed E-state index contributed by atoms with van der Waals surface area (Å²) in [5, 5.41) is 9.80. The number of hydrazone groups is 1. The zero-order chi connectivity index (χ0) is 45.3. The van der Waals surface area contributed by atoms with Crippen molar-refractivity contribution in [1.82, 2.24) is 35.1 Å². The van der Waals surface area contributed by atoms with Gasteiger partial charge in [0.2, 0.25) is 24.5 Å². The topological polar surface area (TPSA) is 190 Å². The van der Waals surface area contributed by atoms with Gasteiger partial charge >= 0.3 is 0 Å². The average molecular weight is 903 g/mol. The second-order valence-corrected chi connectivity index (χ2v) is 18.4. The van der Waals surface area contributed by atoms with Crippen LogP contribution < -0.4 is 29.0 Å². The first kappa shape index (κ1) is 43.5. The Bertz CT molecular complexity index is 2520. The zero-order valence-corrected chi connectivity index (χ0v) is 37.7. The third kappa shape index (κ3) is 8.59. The predicted molar refractivity (Wildman–Crippen MR) is 243 cm³/mol. The molecular weight excluding hydrogens is 845 g/mol. The molecule has 17 nitrogen and oxygen atoms in total. The fourth-order valence-corrected chi connectivity index (χ4v) is 10.4. The highest BCUT2D eigenvalue weighted by Crippen LogP contribution is 2.48. The van der Waals surface area contributed by atoms with E-state index in [1.807, 2.05) is 35.2 Å². The first-order valence-electron chi connectivity index (χ1n) is 23.7. The van der Waals surface area contributed by atoms with Gasteiger partial charge in [0.15, 0.2) is 23.0 Å². The molecule has 66 heavy (non-hydrogen) atoms. The van der Waals surface area contributed by atoms with Crippen molar-refractivity contribution >= 4 is 40.4 Å². The van der Waals surface area contributed by atoms with E-state index >= 15 is 0 Å². The summed E-state index contributed by atoms with van der Waals surface area (Å²) < 4.78 is 29.0. The third-order valence-electron chi connectivity index (χ3n) is 14.3. The van der Waals surface area contributed by atoms with E-state index in [2.05, 4.69) is 20.3 Å². The van der Waals surface area contributed by atoms with Crippen molar-refractivity contribution in [3.63, 3.8) is 0 Å². The molecule has 10 rings (SSSR count). The van der Waals surface area contributed by atoms with Gasteiger partial charge in [-0.25, -0.2) is 15.0 Å². The van der Waals surface area contributed by atoms with Gasteiger partial charge in [-0.05, 0) is 100 Å². The number of piperidine rings is 2. The van der Waals surface area contributed by atoms with Crippen molar-refractivity contribution in [2.45, 2.75) is 95.6 Å². The van der Waals surface area contributed by atoms with Gasteiger partial charge in [0.25, 0.3) is 5.91 Å². The highest BCUT2D eigenvalue weighted by Gasteiger charge is 2.44. The van der Waals surface area contributed by atoms with Gasteiger partial charge < -0.3 is 43.8 Å². The Morgan fingerprint density at radius 3 is 2.39 bits per heavy atom. The van der Waals surface area contributed by atoms with E-state index in [0.29, 0.717) is 103 Å². The number of amides is 4. The van der Waals surface area contributed by atoms with Crippen molar-refractivity contribution in [3.05, 3.63) is 54.0 Å². The SMILES string of the molecule is COc1ccc(C2=NN(C3CCN(C(=O)[C@H](CCC(=O)N4CCCCC4)NC(=O)c4c[nH]c5c(-c6c(OCC7CC7)ccc7c6OCO7)ncnc45)CC3)C(=O)[C@@H]3CCCC[C@H]23)cc1OC. The molecule has 3 atom stereocenters. The lowest BCUT2D eigenvalue weighted by Gasteiger charge is -2.43. The van der Waals surface area contributed by atoms with Crippen LogP contribution in [0, 0.1) is 17.8 Å². The normalized spacial score (nSPS) is 21.3. The molecule has 2 N–H and O–H groups in total. The highest BCUT2D eigenvalue weighted by atomic mass is 16.7. The van der Waals surface area contributed by atoms with Crippen LogP contribution in [0.1, 0.15) is 99.4 Å². The first-order chi connectivity index (χ1) is 32.3. The van der Waals surface area contributed by atoms with Crippen LogP contribution in [0.15, 0.2) is 48.0 Å². The van der Waals surface area contributed by atoms with Crippen LogP contribution in [0.3, 0.4) is 0 Å². The summed E-state index contributed by atoms with van der Waals surface area (Å²) in [6, 6.07) is 8.26. The maximum absolute atomic E-state index is 14.6. The number of hydrogen-bond donors (Lipinski definition) is 2. The standard InChI is InChI=1S/C49H58N8O9/c1-62-36-14-12-30(24-39(36)63-2)42-32-8-4-5-9-33(32)48(60)57(54-42)31-18-22-56(23-19-31)49(61)35(13-17-40(58)55-20-6-3-7-21-55)53-47(59)34-25-50-45-43(34)51-27-52-44(45)41-37(64-26-29-10-11-29)15-16-38-46(41)66-28-65-38/h12,14-16,24-25,27,29,31-33,35,50H,3-11,13,17-23,26,28H2,1-2H3,(H,53,59)/t32-,33+,35-/m0/s1. The minimum Gasteiger partial charge on any atom is -0.493 e. The number of likely N-dealkylation sites (tertiary alicyclic amines) is 2. The molecule has 4 amide bonds. The number of fused-ring (bicyclic) bond motifs is 3. The van der Waals surface area contributed by atoms with Gasteiger partial charge in [-0.3, -0.25) is 19.2 Å². The van der Waals surface area contributed by atoms with Crippen LogP contribution in [0.2, 0.25) is 0 Å². The van der Waals surface area contributed by atoms with E-state index < -0.39 is 11.9 Å². The molecule has 0 bridgehead atoms. The lowest BCUT2D eigenvalue weighted by Crippen LogP contribution is -2.55. The Labute approximate surface area is 383 Å². The van der Waals surface area contributed by atoms with E-state index in [4.69, 9.17) is 28.8 Å². The lowest BCUT2D eigenvalue weighted by molar-refractivity contribution is -0.143. The number of hydrogen-bond acceptors (Lipinski definition) is 12. The van der Waals surface area contributed by atoms with Gasteiger partial charge in [-0.15, -0.1) is 0 Å². The van der Waals surface area contributed by atoms with Gasteiger partial charge in [-0.1, -0.05) is 12.8 Å². The van der Waals surface area contributed by atoms with Crippen molar-refractivity contribution in [3.8, 4) is 40.0 Å². The number of aromatic amines is 1. The molecule has 348 valence electrons. The van der Waals surface area contributed by atoms with Crippen LogP contribution >= 0.6 is 0 Å². The van der Waals surface area contributed by atoms with E-state index in [1.54, 1.807) is 30.3 Å². The molecule has 2 saturated heterocycles. The molecule has 2 saturated carbocycles. The summed E-state index contributed by atoms with van der Waals surface area (Å²) in [4.78, 5) is 72.7. The summed E-state index contributed by atoms with van der Waals surface area (Å²) >= 11 is 0. The largest absolute Gasteiger partial charge is 0.493 e. The van der Waals surface area contributed by atoms with Crippen molar-refractivity contribution in [2.75, 3.05) is 53.8 Å². The molecule has 0 spiro atoms. The molecule has 17 heteroatoms. The van der Waals surface area contributed by atoms with Crippen molar-refractivity contribution in [2.24, 2.45) is 22.9 Å². The number of ether oxygens (including phenoxy) is 5. The van der Waals surface area contributed by atoms with Gasteiger partial charge in [0.05, 0.1) is 49.2 Å². The molecule has 4 aliphatic heterocycles. The van der Waals surface area contributed by atoms with Gasteiger partial charge in [0.1, 0.15) is 29.3 Å². The number of aromatic nitrogens is 3. The van der Waals surface area contributed by atoms with E-state index in [0.717, 1.165) is 69.1 Å². The Morgan fingerprint density at radius 2 is 1.62 bits per heavy atom. The number of carbonyl (C=O) groups is 4. The number of nitrogens with zero attached hydrogens (tertiary/aromatic N) is 6. The first-order valence-corrected chi connectivity index (χ1v) is 23.7. The van der Waals surface area contributed by atoms with Crippen LogP contribution in [-0.2, 0) is 14.4 Å². The van der Waals surface area contributed by atoms with E-state index in [-0.39, 0.29) is 60.8 Å². The second-order valence-electron chi connectivity index (χ2n) is 18.4. The molecule has 4 aromatic rings.